The van der Waals surface area contributed by atoms with Crippen LogP contribution in [0.5, 0.6) is 0 Å². The Morgan fingerprint density at radius 3 is 2.45 bits per heavy atom. The molecule has 0 aromatic carbocycles. The summed E-state index contributed by atoms with van der Waals surface area (Å²) in [6.07, 6.45) is 1.64. The predicted octanol–water partition coefficient (Wildman–Crippen LogP) is 4.03. The Hall–Kier alpha value is -0.710. The fraction of sp³-hybridized carbons (Fsp3) is 0.643. The van der Waals surface area contributed by atoms with E-state index in [1.54, 1.807) is 6.07 Å². The van der Waals surface area contributed by atoms with Crippen molar-refractivity contribution in [2.24, 2.45) is 5.92 Å². The molecule has 1 unspecified atom stereocenters. The van der Waals surface area contributed by atoms with E-state index in [2.05, 4.69) is 36.4 Å². The average molecular weight is 320 g/mol. The molecule has 0 amide bonds. The third-order valence-corrected chi connectivity index (χ3v) is 3.62. The van der Waals surface area contributed by atoms with Crippen molar-refractivity contribution in [3.8, 4) is 0 Å². The number of halogens is 2. The van der Waals surface area contributed by atoms with Crippen molar-refractivity contribution in [1.82, 2.24) is 4.98 Å². The molecule has 0 aliphatic heterocycles. The molecule has 0 aliphatic carbocycles. The summed E-state index contributed by atoms with van der Waals surface area (Å²) in [5, 5.41) is 16.6. The molecular weight excluding hydrogens is 297 g/mol. The van der Waals surface area contributed by atoms with Gasteiger partial charge in [0.1, 0.15) is 11.6 Å². The molecular formula is C14H23Cl2N3O. The topological polar surface area (TPSA) is 57.2 Å². The smallest absolute Gasteiger partial charge is 0.147 e. The first-order chi connectivity index (χ1) is 9.49. The molecule has 4 nitrogen and oxygen atoms in total. The van der Waals surface area contributed by atoms with Crippen LogP contribution >= 0.6 is 23.2 Å². The van der Waals surface area contributed by atoms with Gasteiger partial charge in [-0.1, -0.05) is 44.0 Å². The first-order valence-electron chi connectivity index (χ1n) is 6.96. The number of aliphatic hydroxyl groups excluding tert-OH is 1. The maximum atomic E-state index is 9.12. The molecule has 0 fully saturated rings. The maximum Gasteiger partial charge on any atom is 0.147 e. The minimum Gasteiger partial charge on any atom is -0.396 e. The minimum absolute atomic E-state index is 0.116. The molecule has 1 rings (SSSR count). The lowest BCUT2D eigenvalue weighted by atomic mass is 10.0. The van der Waals surface area contributed by atoms with Gasteiger partial charge in [0.25, 0.3) is 0 Å². The van der Waals surface area contributed by atoms with Gasteiger partial charge in [-0.2, -0.15) is 0 Å². The molecule has 0 radical (unpaired) electrons. The summed E-state index contributed by atoms with van der Waals surface area (Å²) < 4.78 is 0. The van der Waals surface area contributed by atoms with E-state index in [4.69, 9.17) is 28.3 Å². The van der Waals surface area contributed by atoms with E-state index in [-0.39, 0.29) is 12.6 Å². The molecule has 1 aromatic rings. The van der Waals surface area contributed by atoms with E-state index in [9.17, 15) is 0 Å². The van der Waals surface area contributed by atoms with Crippen LogP contribution in [-0.4, -0.2) is 29.3 Å². The second-order valence-electron chi connectivity index (χ2n) is 5.08. The monoisotopic (exact) mass is 319 g/mol. The number of aliphatic hydroxyl groups is 1. The molecule has 3 N–H and O–H groups in total. The van der Waals surface area contributed by atoms with Gasteiger partial charge >= 0.3 is 0 Å². The fourth-order valence-corrected chi connectivity index (χ4v) is 2.30. The van der Waals surface area contributed by atoms with Crippen LogP contribution in [-0.2, 0) is 0 Å². The highest BCUT2D eigenvalue weighted by Crippen LogP contribution is 2.30. The SMILES string of the molecule is CCCNc1nc(NC(CCO)C(C)C)c(Cl)cc1Cl. The van der Waals surface area contributed by atoms with E-state index in [0.717, 1.165) is 13.0 Å². The molecule has 0 saturated carbocycles. The van der Waals surface area contributed by atoms with E-state index in [1.165, 1.54) is 0 Å². The number of anilines is 2. The Bertz CT molecular complexity index is 427. The van der Waals surface area contributed by atoms with Crippen molar-refractivity contribution in [2.45, 2.75) is 39.7 Å². The lowest BCUT2D eigenvalue weighted by Gasteiger charge is -2.23. The third kappa shape index (κ3) is 5.00. The zero-order chi connectivity index (χ0) is 15.1. The van der Waals surface area contributed by atoms with Crippen molar-refractivity contribution in [3.63, 3.8) is 0 Å². The molecule has 114 valence electrons. The van der Waals surface area contributed by atoms with Crippen LogP contribution < -0.4 is 10.6 Å². The molecule has 0 bridgehead atoms. The minimum atomic E-state index is 0.116. The van der Waals surface area contributed by atoms with Crippen molar-refractivity contribution in [2.75, 3.05) is 23.8 Å². The van der Waals surface area contributed by atoms with Gasteiger partial charge in [0, 0.05) is 19.2 Å². The molecule has 1 heterocycles. The van der Waals surface area contributed by atoms with Gasteiger partial charge in [-0.15, -0.1) is 0 Å². The lowest BCUT2D eigenvalue weighted by molar-refractivity contribution is 0.267. The second-order valence-corrected chi connectivity index (χ2v) is 5.90. The van der Waals surface area contributed by atoms with Crippen molar-refractivity contribution in [3.05, 3.63) is 16.1 Å². The summed E-state index contributed by atoms with van der Waals surface area (Å²) in [4.78, 5) is 4.45. The first-order valence-corrected chi connectivity index (χ1v) is 7.72. The average Bonchev–Trinajstić information content (AvgIpc) is 2.39. The normalized spacial score (nSPS) is 12.6. The van der Waals surface area contributed by atoms with Gasteiger partial charge in [-0.25, -0.2) is 4.98 Å². The van der Waals surface area contributed by atoms with E-state index >= 15 is 0 Å². The highest BCUT2D eigenvalue weighted by molar-refractivity contribution is 6.37. The number of aromatic nitrogens is 1. The van der Waals surface area contributed by atoms with E-state index < -0.39 is 0 Å². The maximum absolute atomic E-state index is 9.12. The molecule has 1 atom stereocenters. The number of rotatable bonds is 8. The van der Waals surface area contributed by atoms with Crippen LogP contribution in [0.4, 0.5) is 11.6 Å². The van der Waals surface area contributed by atoms with Gasteiger partial charge in [0.2, 0.25) is 0 Å². The van der Waals surface area contributed by atoms with Crippen LogP contribution in [0.15, 0.2) is 6.07 Å². The Balaban J connectivity index is 2.92. The number of nitrogens with zero attached hydrogens (tertiary/aromatic N) is 1. The number of hydrogen-bond donors (Lipinski definition) is 3. The van der Waals surface area contributed by atoms with E-state index in [1.807, 2.05) is 0 Å². The molecule has 0 spiro atoms. The van der Waals surface area contributed by atoms with Crippen LogP contribution in [0.1, 0.15) is 33.6 Å². The molecule has 0 saturated heterocycles. The number of pyridine rings is 1. The summed E-state index contributed by atoms with van der Waals surface area (Å²) >= 11 is 12.3. The van der Waals surface area contributed by atoms with Crippen molar-refractivity contribution >= 4 is 34.8 Å². The predicted molar refractivity (Wildman–Crippen MR) is 87.0 cm³/mol. The zero-order valence-electron chi connectivity index (χ0n) is 12.2. The molecule has 0 aliphatic rings. The molecule has 6 heteroatoms. The number of hydrogen-bond acceptors (Lipinski definition) is 4. The highest BCUT2D eigenvalue weighted by Gasteiger charge is 2.16. The lowest BCUT2D eigenvalue weighted by Crippen LogP contribution is -2.27. The highest BCUT2D eigenvalue weighted by atomic mass is 35.5. The molecule has 1 aromatic heterocycles. The second kappa shape index (κ2) is 8.55. The van der Waals surface area contributed by atoms with Gasteiger partial charge in [-0.3, -0.25) is 0 Å². The van der Waals surface area contributed by atoms with Gasteiger partial charge in [0.15, 0.2) is 0 Å². The Kier molecular flexibility index (Phi) is 7.41. The van der Waals surface area contributed by atoms with Crippen LogP contribution in [0.2, 0.25) is 10.0 Å². The van der Waals surface area contributed by atoms with Crippen molar-refractivity contribution < 1.29 is 5.11 Å². The molecule has 20 heavy (non-hydrogen) atoms. The quantitative estimate of drug-likeness (QED) is 0.677. The zero-order valence-corrected chi connectivity index (χ0v) is 13.7. The van der Waals surface area contributed by atoms with Gasteiger partial charge < -0.3 is 15.7 Å². The summed E-state index contributed by atoms with van der Waals surface area (Å²) in [7, 11) is 0. The van der Waals surface area contributed by atoms with Gasteiger partial charge in [0.05, 0.1) is 10.0 Å². The summed E-state index contributed by atoms with van der Waals surface area (Å²) in [5.74, 6) is 1.59. The Labute approximate surface area is 130 Å². The van der Waals surface area contributed by atoms with Crippen LogP contribution in [0, 0.1) is 5.92 Å². The summed E-state index contributed by atoms with van der Waals surface area (Å²) in [5.41, 5.74) is 0. The largest absolute Gasteiger partial charge is 0.396 e. The summed E-state index contributed by atoms with van der Waals surface area (Å²) in [6.45, 7) is 7.19. The summed E-state index contributed by atoms with van der Waals surface area (Å²) in [6, 6.07) is 1.80. The van der Waals surface area contributed by atoms with E-state index in [0.29, 0.717) is 34.0 Å². The number of nitrogens with one attached hydrogen (secondary N) is 2. The van der Waals surface area contributed by atoms with Crippen molar-refractivity contribution in [1.29, 1.82) is 0 Å². The fourth-order valence-electron chi connectivity index (χ4n) is 1.82. The van der Waals surface area contributed by atoms with Crippen LogP contribution in [0.3, 0.4) is 0 Å². The van der Waals surface area contributed by atoms with Gasteiger partial charge in [-0.05, 0) is 24.8 Å². The third-order valence-electron chi connectivity index (χ3n) is 3.04. The van der Waals surface area contributed by atoms with Crippen LogP contribution in [0.25, 0.3) is 0 Å². The Morgan fingerprint density at radius 1 is 1.25 bits per heavy atom. The first kappa shape index (κ1) is 17.3. The Morgan fingerprint density at radius 2 is 1.90 bits per heavy atom. The standard InChI is InChI=1S/C14H23Cl2N3O/c1-4-6-17-13-10(15)8-11(16)14(19-13)18-12(5-7-20)9(2)3/h8-9,12,20H,4-7H2,1-3H3,(H2,17,18,19).